The van der Waals surface area contributed by atoms with E-state index in [-0.39, 0.29) is 23.3 Å². The minimum atomic E-state index is -0.707. The molecule has 1 aromatic carbocycles. The van der Waals surface area contributed by atoms with Crippen LogP contribution in [0.2, 0.25) is 0 Å². The van der Waals surface area contributed by atoms with Gasteiger partial charge in [-0.1, -0.05) is 32.9 Å². The molecule has 1 aliphatic carbocycles. The van der Waals surface area contributed by atoms with Crippen molar-refractivity contribution < 1.29 is 14.7 Å². The number of rotatable bonds is 8. The molecule has 0 bridgehead atoms. The van der Waals surface area contributed by atoms with Gasteiger partial charge in [0.15, 0.2) is 0 Å². The number of carbonyl (C=O) groups excluding carboxylic acids is 1. The summed E-state index contributed by atoms with van der Waals surface area (Å²) in [6.45, 7) is 8.70. The van der Waals surface area contributed by atoms with Gasteiger partial charge in [0.25, 0.3) is 5.91 Å². The lowest BCUT2D eigenvalue weighted by Gasteiger charge is -2.26. The Labute approximate surface area is 243 Å². The van der Waals surface area contributed by atoms with Gasteiger partial charge in [0.05, 0.1) is 40.7 Å². The van der Waals surface area contributed by atoms with Gasteiger partial charge < -0.3 is 15.7 Å². The summed E-state index contributed by atoms with van der Waals surface area (Å²) in [4.78, 5) is 38.0. The van der Waals surface area contributed by atoms with Gasteiger partial charge in [0, 0.05) is 29.9 Å². The summed E-state index contributed by atoms with van der Waals surface area (Å²) >= 11 is 1.43. The number of anilines is 2. The molecule has 0 saturated heterocycles. The zero-order valence-electron chi connectivity index (χ0n) is 23.7. The van der Waals surface area contributed by atoms with E-state index in [0.29, 0.717) is 30.2 Å². The van der Waals surface area contributed by atoms with E-state index in [1.807, 2.05) is 36.0 Å². The summed E-state index contributed by atoms with van der Waals surface area (Å²) in [5.41, 5.74) is 4.50. The molecule has 1 aliphatic rings. The highest BCUT2D eigenvalue weighted by Gasteiger charge is 2.27. The molecule has 0 radical (unpaired) electrons. The van der Waals surface area contributed by atoms with Crippen molar-refractivity contribution in [1.29, 1.82) is 0 Å². The number of carboxylic acids is 1. The standard InChI is InChI=1S/C30H35N7O3S/c1-18-13-20(5-6-21(18)14-32-26(38)25-16-33-28(41-25)30(2,3)4)24-11-12-31-29(36-24)35-22-15-34-37(17-22)23-9-7-19(8-10-23)27(39)40/h5-6,11-13,15-17,19,23H,7-10,14H2,1-4H3,(H,32,38)(H,39,40)(H,31,35,36). The van der Waals surface area contributed by atoms with Crippen molar-refractivity contribution in [2.75, 3.05) is 5.32 Å². The van der Waals surface area contributed by atoms with Crippen LogP contribution in [0.3, 0.4) is 0 Å². The Morgan fingerprint density at radius 3 is 2.56 bits per heavy atom. The third-order valence-electron chi connectivity index (χ3n) is 7.38. The van der Waals surface area contributed by atoms with E-state index in [1.54, 1.807) is 18.6 Å². The number of hydrogen-bond acceptors (Lipinski definition) is 8. The Morgan fingerprint density at radius 1 is 1.10 bits per heavy atom. The first-order valence-electron chi connectivity index (χ1n) is 13.8. The molecule has 1 fully saturated rings. The minimum Gasteiger partial charge on any atom is -0.481 e. The normalized spacial score (nSPS) is 17.3. The molecule has 3 heterocycles. The number of carbonyl (C=O) groups is 2. The number of nitrogens with one attached hydrogen (secondary N) is 2. The van der Waals surface area contributed by atoms with Crippen molar-refractivity contribution >= 4 is 34.8 Å². The number of benzene rings is 1. The van der Waals surface area contributed by atoms with Crippen LogP contribution in [-0.2, 0) is 16.8 Å². The monoisotopic (exact) mass is 573 g/mol. The molecule has 0 spiro atoms. The van der Waals surface area contributed by atoms with E-state index in [9.17, 15) is 14.7 Å². The number of amides is 1. The first-order valence-corrected chi connectivity index (χ1v) is 14.6. The van der Waals surface area contributed by atoms with Crippen molar-refractivity contribution in [2.24, 2.45) is 5.92 Å². The van der Waals surface area contributed by atoms with Crippen LogP contribution >= 0.6 is 11.3 Å². The van der Waals surface area contributed by atoms with Crippen molar-refractivity contribution in [1.82, 2.24) is 30.0 Å². The Kier molecular flexibility index (Phi) is 8.16. The van der Waals surface area contributed by atoms with Gasteiger partial charge in [-0.15, -0.1) is 11.3 Å². The van der Waals surface area contributed by atoms with Gasteiger partial charge in [-0.25, -0.2) is 15.0 Å². The van der Waals surface area contributed by atoms with Crippen LogP contribution in [0, 0.1) is 12.8 Å². The van der Waals surface area contributed by atoms with Gasteiger partial charge in [-0.3, -0.25) is 14.3 Å². The number of aryl methyl sites for hydroxylation is 1. The maximum Gasteiger partial charge on any atom is 0.306 e. The fourth-order valence-electron chi connectivity index (χ4n) is 4.94. The highest BCUT2D eigenvalue weighted by atomic mass is 32.1. The quantitative estimate of drug-likeness (QED) is 0.237. The molecule has 5 rings (SSSR count). The zero-order chi connectivity index (χ0) is 29.1. The van der Waals surface area contributed by atoms with Crippen LogP contribution in [0.1, 0.15) is 78.3 Å². The topological polar surface area (TPSA) is 135 Å². The maximum atomic E-state index is 12.7. The summed E-state index contributed by atoms with van der Waals surface area (Å²) in [5, 5.41) is 20.9. The zero-order valence-corrected chi connectivity index (χ0v) is 24.5. The molecule has 3 aromatic heterocycles. The fourth-order valence-corrected chi connectivity index (χ4v) is 5.83. The van der Waals surface area contributed by atoms with Gasteiger partial charge in [0.1, 0.15) is 4.88 Å². The molecule has 3 N–H and O–H groups in total. The van der Waals surface area contributed by atoms with E-state index >= 15 is 0 Å². The second-order valence-electron chi connectivity index (χ2n) is 11.5. The summed E-state index contributed by atoms with van der Waals surface area (Å²) in [7, 11) is 0. The third-order valence-corrected chi connectivity index (χ3v) is 8.80. The molecule has 41 heavy (non-hydrogen) atoms. The number of thiazole rings is 1. The molecule has 1 saturated carbocycles. The summed E-state index contributed by atoms with van der Waals surface area (Å²) < 4.78 is 1.91. The second kappa shape index (κ2) is 11.8. The van der Waals surface area contributed by atoms with Crippen LogP contribution in [0.15, 0.2) is 49.1 Å². The van der Waals surface area contributed by atoms with Crippen LogP contribution in [0.5, 0.6) is 0 Å². The van der Waals surface area contributed by atoms with Crippen LogP contribution < -0.4 is 10.6 Å². The molecule has 10 nitrogen and oxygen atoms in total. The van der Waals surface area contributed by atoms with E-state index in [4.69, 9.17) is 4.98 Å². The van der Waals surface area contributed by atoms with Gasteiger partial charge >= 0.3 is 5.97 Å². The summed E-state index contributed by atoms with van der Waals surface area (Å²) in [6, 6.07) is 8.13. The Morgan fingerprint density at radius 2 is 1.88 bits per heavy atom. The third kappa shape index (κ3) is 6.79. The van der Waals surface area contributed by atoms with E-state index in [2.05, 4.69) is 52.5 Å². The SMILES string of the molecule is Cc1cc(-c2ccnc(Nc3cnn(C4CCC(C(=O)O)CC4)c3)n2)ccc1CNC(=O)c1cnc(C(C)(C)C)s1. The molecule has 0 atom stereocenters. The highest BCUT2D eigenvalue weighted by Crippen LogP contribution is 2.33. The fraction of sp³-hybridized carbons (Fsp3) is 0.400. The summed E-state index contributed by atoms with van der Waals surface area (Å²) in [6.07, 6.45) is 9.96. The Hall–Kier alpha value is -4.12. The molecular weight excluding hydrogens is 538 g/mol. The Bertz CT molecular complexity index is 1550. The highest BCUT2D eigenvalue weighted by molar-refractivity contribution is 7.13. The average molecular weight is 574 g/mol. The van der Waals surface area contributed by atoms with Crippen LogP contribution in [0.25, 0.3) is 11.3 Å². The van der Waals surface area contributed by atoms with Gasteiger partial charge in [-0.05, 0) is 55.9 Å². The van der Waals surface area contributed by atoms with E-state index in [1.165, 1.54) is 11.3 Å². The smallest absolute Gasteiger partial charge is 0.306 e. The van der Waals surface area contributed by atoms with Crippen molar-refractivity contribution in [2.45, 2.75) is 71.4 Å². The van der Waals surface area contributed by atoms with Crippen LogP contribution in [-0.4, -0.2) is 41.7 Å². The van der Waals surface area contributed by atoms with Crippen molar-refractivity contribution in [3.63, 3.8) is 0 Å². The predicted molar refractivity (Wildman–Crippen MR) is 158 cm³/mol. The molecule has 11 heteroatoms. The van der Waals surface area contributed by atoms with Crippen molar-refractivity contribution in [3.8, 4) is 11.3 Å². The predicted octanol–water partition coefficient (Wildman–Crippen LogP) is 5.89. The number of nitrogens with zero attached hydrogens (tertiary/aromatic N) is 5. The number of carboxylic acid groups (broad SMARTS) is 1. The molecule has 0 aliphatic heterocycles. The maximum absolute atomic E-state index is 12.7. The van der Waals surface area contributed by atoms with Crippen LogP contribution in [0.4, 0.5) is 11.6 Å². The molecule has 0 unspecified atom stereocenters. The molecule has 1 amide bonds. The molecule has 214 valence electrons. The van der Waals surface area contributed by atoms with E-state index in [0.717, 1.165) is 45.9 Å². The first kappa shape index (κ1) is 28.4. The number of hydrogen-bond donors (Lipinski definition) is 3. The largest absolute Gasteiger partial charge is 0.481 e. The van der Waals surface area contributed by atoms with Crippen molar-refractivity contribution in [3.05, 3.63) is 70.1 Å². The lowest BCUT2D eigenvalue weighted by atomic mass is 9.86. The molecular formula is C30H35N7O3S. The van der Waals surface area contributed by atoms with E-state index < -0.39 is 5.97 Å². The van der Waals surface area contributed by atoms with Gasteiger partial charge in [-0.2, -0.15) is 5.10 Å². The lowest BCUT2D eigenvalue weighted by molar-refractivity contribution is -0.143. The van der Waals surface area contributed by atoms with Gasteiger partial charge in [0.2, 0.25) is 5.95 Å². The lowest BCUT2D eigenvalue weighted by Crippen LogP contribution is -2.23. The Balaban J connectivity index is 1.20. The first-order chi connectivity index (χ1) is 19.6. The second-order valence-corrected chi connectivity index (χ2v) is 12.6. The number of aromatic nitrogens is 5. The summed E-state index contributed by atoms with van der Waals surface area (Å²) in [5.74, 6) is -0.617. The number of aliphatic carboxylic acids is 1. The average Bonchev–Trinajstić information content (AvgIpc) is 3.63. The molecule has 4 aromatic rings. The minimum absolute atomic E-state index is 0.0852.